The molecule has 2 aromatic rings. The maximum Gasteiger partial charge on any atom is 0.269 e. The van der Waals surface area contributed by atoms with Gasteiger partial charge in [-0.1, -0.05) is 37.7 Å². The number of carbonyl (C=O) groups is 1. The number of nitrogens with zero attached hydrogens (tertiary/aromatic N) is 2. The van der Waals surface area contributed by atoms with E-state index in [0.717, 1.165) is 24.3 Å². The van der Waals surface area contributed by atoms with E-state index in [1.807, 2.05) is 0 Å². The van der Waals surface area contributed by atoms with Crippen molar-refractivity contribution in [3.05, 3.63) is 67.1 Å². The number of hydrogen-bond donors (Lipinski definition) is 2. The third kappa shape index (κ3) is 4.27. The van der Waals surface area contributed by atoms with Gasteiger partial charge in [-0.2, -0.15) is 0 Å². The Morgan fingerprint density at radius 3 is 2.84 bits per heavy atom. The summed E-state index contributed by atoms with van der Waals surface area (Å²) in [5.74, 6) is 1.10. The van der Waals surface area contributed by atoms with Crippen LogP contribution in [0.15, 0.2) is 45.5 Å². The van der Waals surface area contributed by atoms with Crippen LogP contribution in [-0.4, -0.2) is 26.4 Å². The monoisotopic (exact) mass is 440 g/mol. The van der Waals surface area contributed by atoms with Crippen LogP contribution in [0.5, 0.6) is 0 Å². The number of ketones is 1. The summed E-state index contributed by atoms with van der Waals surface area (Å²) >= 11 is 1.49. The maximum absolute atomic E-state index is 13.1. The first-order valence-corrected chi connectivity index (χ1v) is 11.4. The van der Waals surface area contributed by atoms with Crippen LogP contribution in [0, 0.1) is 16.0 Å². The fourth-order valence-corrected chi connectivity index (χ4v) is 5.15. The number of nitro groups is 1. The normalized spacial score (nSPS) is 17.9. The fourth-order valence-electron chi connectivity index (χ4n) is 4.05. The highest BCUT2D eigenvalue weighted by atomic mass is 32.2. The topological polar surface area (TPSA) is 118 Å². The van der Waals surface area contributed by atoms with Crippen molar-refractivity contribution in [1.29, 1.82) is 0 Å². The molecule has 1 aliphatic heterocycles. The van der Waals surface area contributed by atoms with Crippen LogP contribution >= 0.6 is 11.8 Å². The van der Waals surface area contributed by atoms with Gasteiger partial charge in [0.1, 0.15) is 5.82 Å². The summed E-state index contributed by atoms with van der Waals surface area (Å²) in [4.78, 5) is 44.3. The Kier molecular flexibility index (Phi) is 5.95. The summed E-state index contributed by atoms with van der Waals surface area (Å²) in [6.45, 7) is 4.28. The average molecular weight is 441 g/mol. The third-order valence-corrected chi connectivity index (χ3v) is 6.49. The Morgan fingerprint density at radius 1 is 1.29 bits per heavy atom. The summed E-state index contributed by atoms with van der Waals surface area (Å²) in [7, 11) is 0. The molecule has 0 bridgehead atoms. The highest BCUT2D eigenvalue weighted by Gasteiger charge is 2.38. The molecule has 0 radical (unpaired) electrons. The fraction of sp³-hybridized carbons (Fsp3) is 0.409. The van der Waals surface area contributed by atoms with Gasteiger partial charge in [0.05, 0.1) is 10.5 Å². The van der Waals surface area contributed by atoms with Crippen LogP contribution < -0.4 is 10.9 Å². The van der Waals surface area contributed by atoms with E-state index in [9.17, 15) is 19.7 Å². The SMILES string of the molecule is CC(C)CCSc1nc2c(c(=O)[nH]1)C(c1cccc([N+](=O)[O-])c1)C1=C(CCCC1=O)N2. The molecule has 31 heavy (non-hydrogen) atoms. The second kappa shape index (κ2) is 8.66. The predicted molar refractivity (Wildman–Crippen MR) is 119 cm³/mol. The summed E-state index contributed by atoms with van der Waals surface area (Å²) < 4.78 is 0. The molecular weight excluding hydrogens is 416 g/mol. The van der Waals surface area contributed by atoms with Crippen LogP contribution in [0.25, 0.3) is 0 Å². The van der Waals surface area contributed by atoms with Crippen molar-refractivity contribution in [3.8, 4) is 0 Å². The molecule has 1 aliphatic carbocycles. The molecule has 0 saturated heterocycles. The number of aromatic amines is 1. The van der Waals surface area contributed by atoms with Crippen LogP contribution in [0.3, 0.4) is 0 Å². The number of anilines is 1. The van der Waals surface area contributed by atoms with Gasteiger partial charge in [0, 0.05) is 41.5 Å². The van der Waals surface area contributed by atoms with Gasteiger partial charge in [-0.15, -0.1) is 0 Å². The quantitative estimate of drug-likeness (QED) is 0.296. The van der Waals surface area contributed by atoms with E-state index in [1.54, 1.807) is 12.1 Å². The molecule has 0 saturated carbocycles. The number of non-ortho nitro benzene ring substituents is 1. The Labute approximate surface area is 183 Å². The number of hydrogen-bond acceptors (Lipinski definition) is 7. The minimum Gasteiger partial charge on any atom is -0.343 e. The summed E-state index contributed by atoms with van der Waals surface area (Å²) in [5, 5.41) is 15.1. The van der Waals surface area contributed by atoms with Crippen molar-refractivity contribution in [2.75, 3.05) is 11.1 Å². The number of Topliss-reactive ketones (excluding diaryl/α,β-unsaturated/α-hetero) is 1. The van der Waals surface area contributed by atoms with E-state index < -0.39 is 10.8 Å². The molecule has 1 atom stereocenters. The molecule has 2 aliphatic rings. The lowest BCUT2D eigenvalue weighted by atomic mass is 9.76. The number of fused-ring (bicyclic) bond motifs is 1. The zero-order chi connectivity index (χ0) is 22.1. The van der Waals surface area contributed by atoms with Gasteiger partial charge in [-0.05, 0) is 30.7 Å². The number of thioether (sulfide) groups is 1. The van der Waals surface area contributed by atoms with Crippen LogP contribution in [-0.2, 0) is 4.79 Å². The highest BCUT2D eigenvalue weighted by molar-refractivity contribution is 7.99. The lowest BCUT2D eigenvalue weighted by molar-refractivity contribution is -0.384. The highest BCUT2D eigenvalue weighted by Crippen LogP contribution is 2.44. The van der Waals surface area contributed by atoms with Gasteiger partial charge >= 0.3 is 0 Å². The Bertz CT molecular complexity index is 1140. The van der Waals surface area contributed by atoms with Gasteiger partial charge in [0.15, 0.2) is 10.9 Å². The third-order valence-electron chi connectivity index (χ3n) is 5.58. The Morgan fingerprint density at radius 2 is 2.10 bits per heavy atom. The van der Waals surface area contributed by atoms with E-state index >= 15 is 0 Å². The predicted octanol–water partition coefficient (Wildman–Crippen LogP) is 4.38. The molecular formula is C22H24N4O4S. The second-order valence-corrected chi connectivity index (χ2v) is 9.33. The minimum atomic E-state index is -0.676. The minimum absolute atomic E-state index is 0.0364. The molecule has 162 valence electrons. The Balaban J connectivity index is 1.82. The average Bonchev–Trinajstić information content (AvgIpc) is 2.72. The van der Waals surface area contributed by atoms with Crippen molar-refractivity contribution in [3.63, 3.8) is 0 Å². The molecule has 0 fully saturated rings. The lowest BCUT2D eigenvalue weighted by Crippen LogP contribution is -2.32. The molecule has 1 unspecified atom stereocenters. The molecule has 2 N–H and O–H groups in total. The maximum atomic E-state index is 13.1. The van der Waals surface area contributed by atoms with Gasteiger partial charge < -0.3 is 10.3 Å². The zero-order valence-electron chi connectivity index (χ0n) is 17.4. The summed E-state index contributed by atoms with van der Waals surface area (Å²) in [6.07, 6.45) is 2.80. The number of aromatic nitrogens is 2. The van der Waals surface area contributed by atoms with Crippen molar-refractivity contribution < 1.29 is 9.72 Å². The van der Waals surface area contributed by atoms with Crippen molar-refractivity contribution >= 4 is 29.1 Å². The standard InChI is InChI=1S/C22H24N4O4S/c1-12(2)9-10-31-22-24-20-19(21(28)25-22)17(13-5-3-6-14(11-13)26(29)30)18-15(23-20)7-4-8-16(18)27/h3,5-6,11-12,17H,4,7-10H2,1-2H3,(H2,23,24,25,28). The largest absolute Gasteiger partial charge is 0.343 e. The van der Waals surface area contributed by atoms with E-state index in [2.05, 4.69) is 29.1 Å². The van der Waals surface area contributed by atoms with Gasteiger partial charge in [0.25, 0.3) is 11.2 Å². The second-order valence-electron chi connectivity index (χ2n) is 8.24. The number of allylic oxidation sites excluding steroid dienone is 2. The number of nitrogens with one attached hydrogen (secondary N) is 2. The summed E-state index contributed by atoms with van der Waals surface area (Å²) in [5.41, 5.74) is 1.76. The van der Waals surface area contributed by atoms with E-state index in [0.29, 0.717) is 46.4 Å². The molecule has 9 heteroatoms. The number of benzene rings is 1. The molecule has 0 amide bonds. The van der Waals surface area contributed by atoms with Gasteiger partial charge in [-0.25, -0.2) is 4.98 Å². The molecule has 8 nitrogen and oxygen atoms in total. The molecule has 4 rings (SSSR count). The van der Waals surface area contributed by atoms with Crippen LogP contribution in [0.1, 0.15) is 56.6 Å². The molecule has 0 spiro atoms. The number of nitro benzene ring substituents is 1. The first kappa shape index (κ1) is 21.3. The van der Waals surface area contributed by atoms with E-state index in [4.69, 9.17) is 0 Å². The van der Waals surface area contributed by atoms with Crippen molar-refractivity contribution in [2.24, 2.45) is 5.92 Å². The van der Waals surface area contributed by atoms with Crippen LogP contribution in [0.2, 0.25) is 0 Å². The van der Waals surface area contributed by atoms with E-state index in [-0.39, 0.29) is 17.0 Å². The molecule has 2 heterocycles. The molecule has 1 aromatic carbocycles. The number of H-pyrrole nitrogens is 1. The first-order valence-electron chi connectivity index (χ1n) is 10.4. The zero-order valence-corrected chi connectivity index (χ0v) is 18.3. The van der Waals surface area contributed by atoms with Crippen LogP contribution in [0.4, 0.5) is 11.5 Å². The van der Waals surface area contributed by atoms with E-state index in [1.165, 1.54) is 23.9 Å². The smallest absolute Gasteiger partial charge is 0.269 e. The lowest BCUT2D eigenvalue weighted by Gasteiger charge is -2.32. The number of rotatable bonds is 6. The van der Waals surface area contributed by atoms with Gasteiger partial charge in [-0.3, -0.25) is 19.7 Å². The molecule has 1 aromatic heterocycles. The Hall–Kier alpha value is -2.94. The number of carbonyl (C=O) groups excluding carboxylic acids is 1. The first-order chi connectivity index (χ1) is 14.8. The van der Waals surface area contributed by atoms with Gasteiger partial charge in [0.2, 0.25) is 0 Å². The summed E-state index contributed by atoms with van der Waals surface area (Å²) in [6, 6.07) is 6.15. The van der Waals surface area contributed by atoms with Crippen molar-refractivity contribution in [1.82, 2.24) is 9.97 Å². The van der Waals surface area contributed by atoms with Crippen molar-refractivity contribution in [2.45, 2.75) is 50.6 Å².